The Kier molecular flexibility index (Phi) is 8.50. The normalized spacial score (nSPS) is 17.2. The lowest BCUT2D eigenvalue weighted by atomic mass is 9.96. The minimum atomic E-state index is -0.161. The third kappa shape index (κ3) is 5.05. The highest BCUT2D eigenvalue weighted by molar-refractivity contribution is 5.96. The predicted octanol–water partition coefficient (Wildman–Crippen LogP) is 3.06. The maximum atomic E-state index is 13.3. The van der Waals surface area contributed by atoms with E-state index in [0.29, 0.717) is 26.2 Å². The summed E-state index contributed by atoms with van der Waals surface area (Å²) in [6, 6.07) is 12.4. The van der Waals surface area contributed by atoms with E-state index in [1.54, 1.807) is 0 Å². The highest BCUT2D eigenvalue weighted by Crippen LogP contribution is 2.27. The molecule has 0 aliphatic carbocycles. The van der Waals surface area contributed by atoms with Crippen molar-refractivity contribution in [2.75, 3.05) is 26.2 Å². The highest BCUT2D eigenvalue weighted by Gasteiger charge is 2.30. The van der Waals surface area contributed by atoms with Gasteiger partial charge in [0.15, 0.2) is 0 Å². The van der Waals surface area contributed by atoms with Crippen molar-refractivity contribution in [2.45, 2.75) is 39.7 Å². The van der Waals surface area contributed by atoms with E-state index in [4.69, 9.17) is 5.73 Å². The van der Waals surface area contributed by atoms with Crippen LogP contribution in [0.2, 0.25) is 0 Å². The van der Waals surface area contributed by atoms with Crippen LogP contribution in [-0.2, 0) is 4.79 Å². The van der Waals surface area contributed by atoms with Gasteiger partial charge in [0, 0.05) is 37.6 Å². The van der Waals surface area contributed by atoms with Crippen molar-refractivity contribution >= 4 is 24.2 Å². The quantitative estimate of drug-likeness (QED) is 0.736. The summed E-state index contributed by atoms with van der Waals surface area (Å²) in [4.78, 5) is 27.4. The fourth-order valence-corrected chi connectivity index (χ4v) is 4.36. The Morgan fingerprint density at radius 2 is 1.93 bits per heavy atom. The first-order valence-corrected chi connectivity index (χ1v) is 10.4. The van der Waals surface area contributed by atoms with Crippen LogP contribution in [0.5, 0.6) is 0 Å². The second-order valence-electron chi connectivity index (χ2n) is 7.91. The number of nitrogens with two attached hydrogens (primary N) is 1. The first-order valence-electron chi connectivity index (χ1n) is 10.4. The molecule has 0 spiro atoms. The predicted molar refractivity (Wildman–Crippen MR) is 122 cm³/mol. The molecule has 164 valence electrons. The number of amides is 2. The van der Waals surface area contributed by atoms with Crippen molar-refractivity contribution in [3.63, 3.8) is 0 Å². The smallest absolute Gasteiger partial charge is 0.255 e. The van der Waals surface area contributed by atoms with Gasteiger partial charge in [0.05, 0.1) is 17.5 Å². The molecule has 0 saturated carbocycles. The molecule has 0 radical (unpaired) electrons. The lowest BCUT2D eigenvalue weighted by molar-refractivity contribution is -0.126. The summed E-state index contributed by atoms with van der Waals surface area (Å²) >= 11 is 0. The average molecular weight is 433 g/mol. The van der Waals surface area contributed by atoms with Crippen LogP contribution in [0, 0.1) is 19.8 Å². The molecule has 1 aromatic carbocycles. The Morgan fingerprint density at radius 1 is 1.23 bits per heavy atom. The maximum Gasteiger partial charge on any atom is 0.255 e. The number of nitrogens with zero attached hydrogens (tertiary/aromatic N) is 2. The molecule has 1 aromatic heterocycles. The van der Waals surface area contributed by atoms with Gasteiger partial charge in [-0.05, 0) is 45.2 Å². The van der Waals surface area contributed by atoms with Crippen LogP contribution < -0.4 is 11.1 Å². The SMILES string of the molecule is Cc1cc(C(=O)N2CCCC(C(=O)NCCN)C2)c(C)n1C(C)c1ccccc1.Cl. The van der Waals surface area contributed by atoms with Gasteiger partial charge in [0.2, 0.25) is 5.91 Å². The van der Waals surface area contributed by atoms with Crippen molar-refractivity contribution in [3.8, 4) is 0 Å². The lowest BCUT2D eigenvalue weighted by Crippen LogP contribution is -2.46. The van der Waals surface area contributed by atoms with Gasteiger partial charge < -0.3 is 20.5 Å². The van der Waals surface area contributed by atoms with E-state index in [-0.39, 0.29) is 36.2 Å². The molecule has 2 heterocycles. The van der Waals surface area contributed by atoms with Gasteiger partial charge >= 0.3 is 0 Å². The number of nitrogens with one attached hydrogen (secondary N) is 1. The van der Waals surface area contributed by atoms with Crippen molar-refractivity contribution in [1.82, 2.24) is 14.8 Å². The molecular weight excluding hydrogens is 400 g/mol. The summed E-state index contributed by atoms with van der Waals surface area (Å²) in [7, 11) is 0. The van der Waals surface area contributed by atoms with Gasteiger partial charge in [-0.15, -0.1) is 12.4 Å². The van der Waals surface area contributed by atoms with E-state index < -0.39 is 0 Å². The molecule has 2 amide bonds. The molecule has 3 rings (SSSR count). The molecule has 7 heteroatoms. The maximum absolute atomic E-state index is 13.3. The van der Waals surface area contributed by atoms with Crippen LogP contribution in [0.25, 0.3) is 0 Å². The molecule has 2 unspecified atom stereocenters. The van der Waals surface area contributed by atoms with E-state index in [1.807, 2.05) is 43.0 Å². The Morgan fingerprint density at radius 3 is 2.60 bits per heavy atom. The highest BCUT2D eigenvalue weighted by atomic mass is 35.5. The number of piperidine rings is 1. The van der Waals surface area contributed by atoms with E-state index in [9.17, 15) is 9.59 Å². The molecule has 2 atom stereocenters. The van der Waals surface area contributed by atoms with E-state index in [2.05, 4.69) is 28.9 Å². The Labute approximate surface area is 185 Å². The number of hydrogen-bond donors (Lipinski definition) is 2. The van der Waals surface area contributed by atoms with E-state index in [0.717, 1.165) is 29.8 Å². The summed E-state index contributed by atoms with van der Waals surface area (Å²) in [5.41, 5.74) is 9.45. The van der Waals surface area contributed by atoms with Gasteiger partial charge in [0.1, 0.15) is 0 Å². The molecule has 0 bridgehead atoms. The number of hydrogen-bond acceptors (Lipinski definition) is 3. The summed E-state index contributed by atoms with van der Waals surface area (Å²) in [5, 5.41) is 2.85. The monoisotopic (exact) mass is 432 g/mol. The summed E-state index contributed by atoms with van der Waals surface area (Å²) in [6.07, 6.45) is 1.65. The zero-order valence-electron chi connectivity index (χ0n) is 18.1. The van der Waals surface area contributed by atoms with Crippen LogP contribution >= 0.6 is 12.4 Å². The second kappa shape index (κ2) is 10.6. The average Bonchev–Trinajstić information content (AvgIpc) is 3.05. The number of benzene rings is 1. The topological polar surface area (TPSA) is 80.4 Å². The van der Waals surface area contributed by atoms with Gasteiger partial charge in [0.25, 0.3) is 5.91 Å². The summed E-state index contributed by atoms with van der Waals surface area (Å²) in [6.45, 7) is 8.26. The minimum Gasteiger partial charge on any atom is -0.355 e. The number of rotatable bonds is 6. The van der Waals surface area contributed by atoms with Gasteiger partial charge in [-0.2, -0.15) is 0 Å². The molecule has 1 aliphatic rings. The molecule has 3 N–H and O–H groups in total. The van der Waals surface area contributed by atoms with Gasteiger partial charge in [-0.1, -0.05) is 30.3 Å². The van der Waals surface area contributed by atoms with Crippen LogP contribution in [0.15, 0.2) is 36.4 Å². The van der Waals surface area contributed by atoms with E-state index >= 15 is 0 Å². The number of likely N-dealkylation sites (tertiary alicyclic amines) is 1. The third-order valence-corrected chi connectivity index (χ3v) is 5.91. The van der Waals surface area contributed by atoms with Crippen LogP contribution in [0.3, 0.4) is 0 Å². The second-order valence-corrected chi connectivity index (χ2v) is 7.91. The first kappa shape index (κ1) is 24.0. The number of halogens is 1. The minimum absolute atomic E-state index is 0. The summed E-state index contributed by atoms with van der Waals surface area (Å²) < 4.78 is 2.22. The van der Waals surface area contributed by atoms with E-state index in [1.165, 1.54) is 5.56 Å². The van der Waals surface area contributed by atoms with Crippen molar-refractivity contribution in [2.24, 2.45) is 11.7 Å². The number of carbonyl (C=O) groups is 2. The van der Waals surface area contributed by atoms with Gasteiger partial charge in [-0.25, -0.2) is 0 Å². The fraction of sp³-hybridized carbons (Fsp3) is 0.478. The fourth-order valence-electron chi connectivity index (χ4n) is 4.36. The summed E-state index contributed by atoms with van der Waals surface area (Å²) in [5.74, 6) is -0.150. The largest absolute Gasteiger partial charge is 0.355 e. The zero-order valence-corrected chi connectivity index (χ0v) is 18.9. The molecule has 30 heavy (non-hydrogen) atoms. The number of carbonyl (C=O) groups excluding carboxylic acids is 2. The van der Waals surface area contributed by atoms with Crippen LogP contribution in [0.4, 0.5) is 0 Å². The van der Waals surface area contributed by atoms with Crippen molar-refractivity contribution in [1.29, 1.82) is 0 Å². The standard InChI is InChI=1S/C23H32N4O2.ClH/c1-16-14-21(18(3)27(16)17(2)19-8-5-4-6-9-19)23(29)26-13-7-10-20(15-26)22(28)25-12-11-24;/h4-6,8-9,14,17,20H,7,10-13,15,24H2,1-3H3,(H,25,28);1H. The molecule has 2 aromatic rings. The zero-order chi connectivity index (χ0) is 21.0. The van der Waals surface area contributed by atoms with Crippen molar-refractivity contribution < 1.29 is 9.59 Å². The Bertz CT molecular complexity index is 866. The first-order chi connectivity index (χ1) is 13.9. The molecule has 1 fully saturated rings. The molecule has 1 saturated heterocycles. The lowest BCUT2D eigenvalue weighted by Gasteiger charge is -2.32. The van der Waals surface area contributed by atoms with Crippen LogP contribution in [0.1, 0.15) is 53.1 Å². The van der Waals surface area contributed by atoms with Crippen LogP contribution in [-0.4, -0.2) is 47.5 Å². The number of aryl methyl sites for hydroxylation is 1. The van der Waals surface area contributed by atoms with Crippen molar-refractivity contribution in [3.05, 3.63) is 58.9 Å². The Hall–Kier alpha value is -2.31. The Balaban J connectivity index is 0.00000320. The molecule has 6 nitrogen and oxygen atoms in total. The number of aromatic nitrogens is 1. The molecule has 1 aliphatic heterocycles. The van der Waals surface area contributed by atoms with Gasteiger partial charge in [-0.3, -0.25) is 9.59 Å². The third-order valence-electron chi connectivity index (χ3n) is 5.91. The molecular formula is C23H33ClN4O2.